The molecule has 0 radical (unpaired) electrons. The fourth-order valence-corrected chi connectivity index (χ4v) is 4.31. The molecule has 0 bridgehead atoms. The number of nitrogens with two attached hydrogens (primary N) is 1. The first-order valence-electron chi connectivity index (χ1n) is 7.47. The van der Waals surface area contributed by atoms with E-state index in [2.05, 4.69) is 4.90 Å². The summed E-state index contributed by atoms with van der Waals surface area (Å²) in [4.78, 5) is 2.72. The first kappa shape index (κ1) is 11.9. The van der Waals surface area contributed by atoms with Crippen LogP contribution in [-0.4, -0.2) is 42.8 Å². The van der Waals surface area contributed by atoms with Gasteiger partial charge >= 0.3 is 0 Å². The maximum atomic E-state index is 6.04. The Kier molecular flexibility index (Phi) is 3.69. The Morgan fingerprint density at radius 3 is 2.76 bits per heavy atom. The van der Waals surface area contributed by atoms with E-state index in [0.717, 1.165) is 25.1 Å². The zero-order valence-corrected chi connectivity index (χ0v) is 10.8. The summed E-state index contributed by atoms with van der Waals surface area (Å²) in [5.74, 6) is 0.958. The van der Waals surface area contributed by atoms with Crippen LogP contribution in [-0.2, 0) is 4.74 Å². The van der Waals surface area contributed by atoms with Gasteiger partial charge in [-0.3, -0.25) is 4.90 Å². The van der Waals surface area contributed by atoms with E-state index in [-0.39, 0.29) is 0 Å². The van der Waals surface area contributed by atoms with Crippen LogP contribution in [0.2, 0.25) is 0 Å². The summed E-state index contributed by atoms with van der Waals surface area (Å²) in [7, 11) is 0. The van der Waals surface area contributed by atoms with Crippen LogP contribution in [0.5, 0.6) is 0 Å². The summed E-state index contributed by atoms with van der Waals surface area (Å²) in [6.07, 6.45) is 9.94. The van der Waals surface area contributed by atoms with Crippen LogP contribution < -0.4 is 5.73 Å². The second-order valence-corrected chi connectivity index (χ2v) is 5.99. The molecule has 0 aromatic heterocycles. The number of hydrogen-bond donors (Lipinski definition) is 1. The average Bonchev–Trinajstić information content (AvgIpc) is 3.00. The lowest BCUT2D eigenvalue weighted by Gasteiger charge is -2.44. The van der Waals surface area contributed by atoms with Crippen molar-refractivity contribution in [2.75, 3.05) is 19.7 Å². The van der Waals surface area contributed by atoms with E-state index < -0.39 is 0 Å². The van der Waals surface area contributed by atoms with Crippen molar-refractivity contribution in [2.24, 2.45) is 11.7 Å². The van der Waals surface area contributed by atoms with Crippen molar-refractivity contribution in [3.63, 3.8) is 0 Å². The summed E-state index contributed by atoms with van der Waals surface area (Å²) in [6, 6.07) is 1.31. The number of ether oxygens (including phenoxy) is 1. The van der Waals surface area contributed by atoms with Gasteiger partial charge in [-0.05, 0) is 51.0 Å². The Bertz CT molecular complexity index is 253. The highest BCUT2D eigenvalue weighted by Gasteiger charge is 2.40. The number of hydrogen-bond acceptors (Lipinski definition) is 3. The molecule has 3 aliphatic rings. The maximum Gasteiger partial charge on any atom is 0.0743 e. The Balaban J connectivity index is 1.71. The molecule has 2 N–H and O–H groups in total. The largest absolute Gasteiger partial charge is 0.377 e. The highest BCUT2D eigenvalue weighted by atomic mass is 16.5. The van der Waals surface area contributed by atoms with Crippen LogP contribution in [0.4, 0.5) is 0 Å². The van der Waals surface area contributed by atoms with Crippen LogP contribution in [0.25, 0.3) is 0 Å². The van der Waals surface area contributed by atoms with Crippen LogP contribution >= 0.6 is 0 Å². The van der Waals surface area contributed by atoms with Gasteiger partial charge in [0.2, 0.25) is 0 Å². The quantitative estimate of drug-likeness (QED) is 0.814. The monoisotopic (exact) mass is 238 g/mol. The molecule has 4 atom stereocenters. The molecule has 4 unspecified atom stereocenters. The molecule has 3 fully saturated rings. The molecular weight excluding hydrogens is 212 g/mol. The Morgan fingerprint density at radius 1 is 1.12 bits per heavy atom. The van der Waals surface area contributed by atoms with Crippen molar-refractivity contribution >= 4 is 0 Å². The summed E-state index contributed by atoms with van der Waals surface area (Å²) in [5.41, 5.74) is 6.04. The van der Waals surface area contributed by atoms with Crippen LogP contribution in [0.3, 0.4) is 0 Å². The Labute approximate surface area is 105 Å². The maximum absolute atomic E-state index is 6.04. The molecule has 0 amide bonds. The van der Waals surface area contributed by atoms with Gasteiger partial charge in [0.05, 0.1) is 6.10 Å². The first-order chi connectivity index (χ1) is 8.40. The van der Waals surface area contributed by atoms with E-state index in [1.165, 1.54) is 51.5 Å². The molecule has 0 aromatic rings. The summed E-state index contributed by atoms with van der Waals surface area (Å²) < 4.78 is 5.89. The Hall–Kier alpha value is -0.120. The number of rotatable bonds is 3. The number of fused-ring (bicyclic) bond motifs is 1. The van der Waals surface area contributed by atoms with E-state index in [1.807, 2.05) is 0 Å². The van der Waals surface area contributed by atoms with E-state index in [9.17, 15) is 0 Å². The van der Waals surface area contributed by atoms with Crippen molar-refractivity contribution < 1.29 is 4.74 Å². The molecule has 0 spiro atoms. The molecule has 1 saturated carbocycles. The highest BCUT2D eigenvalue weighted by Crippen LogP contribution is 2.38. The third kappa shape index (κ3) is 2.25. The predicted octanol–water partition coefficient (Wildman–Crippen LogP) is 1.76. The molecule has 2 aliphatic heterocycles. The van der Waals surface area contributed by atoms with Crippen LogP contribution in [0.15, 0.2) is 0 Å². The van der Waals surface area contributed by atoms with Crippen molar-refractivity contribution in [2.45, 2.75) is 63.1 Å². The lowest BCUT2D eigenvalue weighted by molar-refractivity contribution is -0.0142. The zero-order chi connectivity index (χ0) is 11.7. The molecule has 2 saturated heterocycles. The molecule has 3 rings (SSSR count). The predicted molar refractivity (Wildman–Crippen MR) is 68.9 cm³/mol. The third-order valence-electron chi connectivity index (χ3n) is 5.10. The normalized spacial score (nSPS) is 40.4. The second kappa shape index (κ2) is 5.25. The lowest BCUT2D eigenvalue weighted by Crippen LogP contribution is -2.55. The standard InChI is InChI=1S/C14H26N2O/c15-10-13(14-7-3-9-17-14)16-8-2-5-11-4-1-6-12(11)16/h11-14H,1-10,15H2. The summed E-state index contributed by atoms with van der Waals surface area (Å²) in [5, 5.41) is 0. The molecular formula is C14H26N2O. The molecule has 17 heavy (non-hydrogen) atoms. The van der Waals surface area contributed by atoms with Gasteiger partial charge in [0, 0.05) is 25.2 Å². The van der Waals surface area contributed by atoms with Gasteiger partial charge in [0.15, 0.2) is 0 Å². The third-order valence-corrected chi connectivity index (χ3v) is 5.10. The fraction of sp³-hybridized carbons (Fsp3) is 1.00. The average molecular weight is 238 g/mol. The van der Waals surface area contributed by atoms with Crippen molar-refractivity contribution in [3.8, 4) is 0 Å². The summed E-state index contributed by atoms with van der Waals surface area (Å²) in [6.45, 7) is 2.97. The van der Waals surface area contributed by atoms with Crippen molar-refractivity contribution in [1.82, 2.24) is 4.90 Å². The van der Waals surface area contributed by atoms with Crippen molar-refractivity contribution in [3.05, 3.63) is 0 Å². The molecule has 3 nitrogen and oxygen atoms in total. The smallest absolute Gasteiger partial charge is 0.0743 e. The molecule has 1 aliphatic carbocycles. The zero-order valence-electron chi connectivity index (χ0n) is 10.8. The van der Waals surface area contributed by atoms with Gasteiger partial charge in [0.1, 0.15) is 0 Å². The molecule has 98 valence electrons. The first-order valence-corrected chi connectivity index (χ1v) is 7.47. The minimum atomic E-state index is 0.416. The molecule has 0 aromatic carbocycles. The van der Waals surface area contributed by atoms with E-state index in [1.54, 1.807) is 0 Å². The van der Waals surface area contributed by atoms with Crippen LogP contribution in [0, 0.1) is 5.92 Å². The Morgan fingerprint density at radius 2 is 2.00 bits per heavy atom. The van der Waals surface area contributed by atoms with E-state index >= 15 is 0 Å². The van der Waals surface area contributed by atoms with Gasteiger partial charge in [-0.15, -0.1) is 0 Å². The van der Waals surface area contributed by atoms with Crippen LogP contribution in [0.1, 0.15) is 44.9 Å². The SMILES string of the molecule is NCC(C1CCCO1)N1CCCC2CCCC21. The number of likely N-dealkylation sites (tertiary alicyclic amines) is 1. The fourth-order valence-electron chi connectivity index (χ4n) is 4.31. The van der Waals surface area contributed by atoms with Gasteiger partial charge in [-0.2, -0.15) is 0 Å². The minimum absolute atomic E-state index is 0.416. The molecule has 3 heteroatoms. The minimum Gasteiger partial charge on any atom is -0.377 e. The molecule has 2 heterocycles. The van der Waals surface area contributed by atoms with Gasteiger partial charge in [-0.25, -0.2) is 0 Å². The lowest BCUT2D eigenvalue weighted by atomic mass is 9.89. The van der Waals surface area contributed by atoms with Gasteiger partial charge in [0.25, 0.3) is 0 Å². The summed E-state index contributed by atoms with van der Waals surface area (Å²) >= 11 is 0. The van der Waals surface area contributed by atoms with E-state index in [0.29, 0.717) is 12.1 Å². The topological polar surface area (TPSA) is 38.5 Å². The van der Waals surface area contributed by atoms with Gasteiger partial charge in [-0.1, -0.05) is 6.42 Å². The number of piperidine rings is 1. The van der Waals surface area contributed by atoms with Crippen molar-refractivity contribution in [1.29, 1.82) is 0 Å². The second-order valence-electron chi connectivity index (χ2n) is 5.99. The highest BCUT2D eigenvalue weighted by molar-refractivity contribution is 4.95. The van der Waals surface area contributed by atoms with E-state index in [4.69, 9.17) is 10.5 Å². The van der Waals surface area contributed by atoms with Gasteiger partial charge < -0.3 is 10.5 Å². The number of nitrogens with zero attached hydrogens (tertiary/aromatic N) is 1.